The highest BCUT2D eigenvalue weighted by Crippen LogP contribution is 2.26. The molecule has 28 heavy (non-hydrogen) atoms. The van der Waals surface area contributed by atoms with Crippen molar-refractivity contribution in [2.24, 2.45) is 0 Å². The van der Waals surface area contributed by atoms with Crippen molar-refractivity contribution >= 4 is 16.2 Å². The molecule has 0 aliphatic carbocycles. The van der Waals surface area contributed by atoms with Gasteiger partial charge < -0.3 is 4.90 Å². The van der Waals surface area contributed by atoms with Gasteiger partial charge in [0.2, 0.25) is 6.41 Å². The van der Waals surface area contributed by atoms with Crippen LogP contribution in [0.4, 0.5) is 0 Å². The molecule has 1 atom stereocenters. The summed E-state index contributed by atoms with van der Waals surface area (Å²) in [4.78, 5) is 17.9. The van der Waals surface area contributed by atoms with Crippen molar-refractivity contribution in [1.82, 2.24) is 14.5 Å². The van der Waals surface area contributed by atoms with Gasteiger partial charge in [0.15, 0.2) is 9.84 Å². The van der Waals surface area contributed by atoms with Crippen molar-refractivity contribution in [3.8, 4) is 11.8 Å². The summed E-state index contributed by atoms with van der Waals surface area (Å²) in [6.07, 6.45) is 1.41. The molecule has 0 fully saturated rings. The minimum absolute atomic E-state index is 0.0486. The van der Waals surface area contributed by atoms with Crippen LogP contribution in [0.1, 0.15) is 49.6 Å². The summed E-state index contributed by atoms with van der Waals surface area (Å²) in [7, 11) is -3.18. The van der Waals surface area contributed by atoms with Gasteiger partial charge in [0.1, 0.15) is 5.82 Å². The summed E-state index contributed by atoms with van der Waals surface area (Å²) in [5, 5.41) is 9.02. The van der Waals surface area contributed by atoms with Crippen LogP contribution >= 0.6 is 0 Å². The molecular formula is C20H26N4O3S. The highest BCUT2D eigenvalue weighted by molar-refractivity contribution is 7.91. The van der Waals surface area contributed by atoms with Gasteiger partial charge in [0.05, 0.1) is 29.1 Å². The number of hydrogen-bond acceptors (Lipinski definition) is 5. The Kier molecular flexibility index (Phi) is 6.97. The molecule has 0 aliphatic rings. The number of imidazole rings is 1. The highest BCUT2D eigenvalue weighted by Gasteiger charge is 2.24. The number of nitriles is 1. The summed E-state index contributed by atoms with van der Waals surface area (Å²) >= 11 is 0. The predicted molar refractivity (Wildman–Crippen MR) is 108 cm³/mol. The summed E-state index contributed by atoms with van der Waals surface area (Å²) in [5.74, 6) is 0.636. The van der Waals surface area contributed by atoms with Crippen molar-refractivity contribution in [1.29, 1.82) is 5.26 Å². The first-order valence-corrected chi connectivity index (χ1v) is 11.1. The molecule has 1 unspecified atom stereocenters. The number of amides is 1. The molecule has 0 radical (unpaired) electrons. The van der Waals surface area contributed by atoms with Gasteiger partial charge in [-0.15, -0.1) is 0 Å². The number of carbonyl (C=O) groups is 1. The number of aromatic nitrogens is 2. The highest BCUT2D eigenvalue weighted by atomic mass is 32.2. The minimum Gasteiger partial charge on any atom is -0.334 e. The van der Waals surface area contributed by atoms with Crippen LogP contribution in [0.5, 0.6) is 0 Å². The number of aryl methyl sites for hydroxylation is 1. The Morgan fingerprint density at radius 1 is 1.29 bits per heavy atom. The van der Waals surface area contributed by atoms with E-state index in [4.69, 9.17) is 10.2 Å². The molecule has 0 N–H and O–H groups in total. The fraction of sp³-hybridized carbons (Fsp3) is 0.450. The lowest BCUT2D eigenvalue weighted by atomic mass is 10.2. The minimum atomic E-state index is -3.18. The van der Waals surface area contributed by atoms with E-state index >= 15 is 0 Å². The van der Waals surface area contributed by atoms with Crippen LogP contribution in [0.2, 0.25) is 0 Å². The first kappa shape index (κ1) is 21.6. The van der Waals surface area contributed by atoms with Gasteiger partial charge in [-0.3, -0.25) is 9.36 Å². The molecule has 0 aliphatic heterocycles. The van der Waals surface area contributed by atoms with Crippen LogP contribution in [0, 0.1) is 18.3 Å². The molecule has 150 valence electrons. The molecule has 0 saturated carbocycles. The van der Waals surface area contributed by atoms with E-state index in [2.05, 4.69) is 6.07 Å². The van der Waals surface area contributed by atoms with Gasteiger partial charge >= 0.3 is 0 Å². The molecule has 1 aromatic heterocycles. The van der Waals surface area contributed by atoms with Gasteiger partial charge in [-0.25, -0.2) is 13.4 Å². The molecule has 7 nitrogen and oxygen atoms in total. The molecule has 8 heteroatoms. The Bertz CT molecular complexity index is 972. The fourth-order valence-electron chi connectivity index (χ4n) is 3.07. The lowest BCUT2D eigenvalue weighted by Crippen LogP contribution is -2.32. The molecular weight excluding hydrogens is 376 g/mol. The monoisotopic (exact) mass is 402 g/mol. The van der Waals surface area contributed by atoms with Gasteiger partial charge in [-0.05, 0) is 44.5 Å². The third kappa shape index (κ3) is 4.60. The van der Waals surface area contributed by atoms with E-state index in [1.807, 2.05) is 37.5 Å². The molecule has 1 amide bonds. The summed E-state index contributed by atoms with van der Waals surface area (Å²) in [6.45, 7) is 7.53. The second-order valence-electron chi connectivity index (χ2n) is 6.61. The Morgan fingerprint density at radius 3 is 2.43 bits per heavy atom. The van der Waals surface area contributed by atoms with Crippen molar-refractivity contribution in [3.63, 3.8) is 0 Å². The van der Waals surface area contributed by atoms with Crippen LogP contribution in [0.3, 0.4) is 0 Å². The zero-order valence-corrected chi connectivity index (χ0v) is 17.5. The second-order valence-corrected chi connectivity index (χ2v) is 9.08. The number of rotatable bonds is 9. The van der Waals surface area contributed by atoms with E-state index in [0.29, 0.717) is 17.8 Å². The van der Waals surface area contributed by atoms with Crippen LogP contribution in [0.25, 0.3) is 5.69 Å². The molecule has 0 bridgehead atoms. The Labute approximate surface area is 166 Å². The average molecular weight is 403 g/mol. The third-order valence-corrected chi connectivity index (χ3v) is 6.61. The number of nitrogens with zero attached hydrogens (tertiary/aromatic N) is 4. The van der Waals surface area contributed by atoms with Crippen LogP contribution < -0.4 is 0 Å². The first-order chi connectivity index (χ1) is 13.3. The van der Waals surface area contributed by atoms with Crippen LogP contribution in [0.15, 0.2) is 24.3 Å². The van der Waals surface area contributed by atoms with E-state index < -0.39 is 15.9 Å². The molecule has 1 aromatic carbocycles. The van der Waals surface area contributed by atoms with E-state index in [1.165, 1.54) is 4.90 Å². The second kappa shape index (κ2) is 9.02. The van der Waals surface area contributed by atoms with E-state index in [9.17, 15) is 13.2 Å². The van der Waals surface area contributed by atoms with Gasteiger partial charge in [-0.2, -0.15) is 5.26 Å². The van der Waals surface area contributed by atoms with Crippen molar-refractivity contribution in [2.45, 2.75) is 40.2 Å². The quantitative estimate of drug-likeness (QED) is 0.601. The number of benzene rings is 1. The Morgan fingerprint density at radius 2 is 1.93 bits per heavy atom. The topological polar surface area (TPSA) is 96.1 Å². The number of sulfone groups is 1. The molecule has 2 rings (SSSR count). The number of hydrogen-bond donors (Lipinski definition) is 0. The third-order valence-electron chi connectivity index (χ3n) is 4.93. The fourth-order valence-corrected chi connectivity index (χ4v) is 3.85. The van der Waals surface area contributed by atoms with Gasteiger partial charge in [0.25, 0.3) is 0 Å². The van der Waals surface area contributed by atoms with E-state index in [-0.39, 0.29) is 18.1 Å². The van der Waals surface area contributed by atoms with Crippen molar-refractivity contribution in [2.75, 3.05) is 18.1 Å². The largest absolute Gasteiger partial charge is 0.334 e. The molecule has 0 saturated heterocycles. The SMILES string of the molecule is CCc1nc(C(C)N(C=O)CCS(=O)(=O)CC)n(-c2ccc(C#N)cc2)c1C. The summed E-state index contributed by atoms with van der Waals surface area (Å²) < 4.78 is 25.7. The lowest BCUT2D eigenvalue weighted by Gasteiger charge is -2.25. The average Bonchev–Trinajstić information content (AvgIpc) is 3.04. The van der Waals surface area contributed by atoms with Gasteiger partial charge in [0, 0.05) is 23.7 Å². The smallest absolute Gasteiger partial charge is 0.210 e. The Balaban J connectivity index is 2.45. The maximum absolute atomic E-state index is 11.8. The first-order valence-electron chi connectivity index (χ1n) is 9.28. The summed E-state index contributed by atoms with van der Waals surface area (Å²) in [5.41, 5.74) is 3.28. The standard InChI is InChI=1S/C20H26N4O3S/c1-5-19-15(3)24(18-9-7-17(13-21)8-10-18)20(22-19)16(4)23(14-25)11-12-28(26,27)6-2/h7-10,14,16H,5-6,11-12H2,1-4H3. The zero-order valence-electron chi connectivity index (χ0n) is 16.7. The van der Waals surface area contributed by atoms with Crippen LogP contribution in [-0.4, -0.2) is 47.3 Å². The molecule has 1 heterocycles. The maximum atomic E-state index is 11.8. The molecule has 2 aromatic rings. The normalized spacial score (nSPS) is 12.4. The summed E-state index contributed by atoms with van der Waals surface area (Å²) in [6, 6.07) is 8.86. The van der Waals surface area contributed by atoms with Crippen molar-refractivity contribution in [3.05, 3.63) is 47.0 Å². The predicted octanol–water partition coefficient (Wildman–Crippen LogP) is 2.57. The van der Waals surface area contributed by atoms with Crippen molar-refractivity contribution < 1.29 is 13.2 Å². The zero-order chi connectivity index (χ0) is 20.9. The van der Waals surface area contributed by atoms with E-state index in [0.717, 1.165) is 23.5 Å². The maximum Gasteiger partial charge on any atom is 0.210 e. The number of carbonyl (C=O) groups excluding carboxylic acids is 1. The lowest BCUT2D eigenvalue weighted by molar-refractivity contribution is -0.119. The van der Waals surface area contributed by atoms with E-state index in [1.54, 1.807) is 19.1 Å². The Hall–Kier alpha value is -2.66. The molecule has 0 spiro atoms. The van der Waals surface area contributed by atoms with Crippen LogP contribution in [-0.2, 0) is 21.1 Å². The van der Waals surface area contributed by atoms with Gasteiger partial charge in [-0.1, -0.05) is 13.8 Å².